The predicted molar refractivity (Wildman–Crippen MR) is 76.1 cm³/mol. The number of hydrogen-bond donors (Lipinski definition) is 1. The summed E-state index contributed by atoms with van der Waals surface area (Å²) in [5.41, 5.74) is 6.19. The maximum atomic E-state index is 6.19. The Bertz CT molecular complexity index is 191. The van der Waals surface area contributed by atoms with Gasteiger partial charge >= 0.3 is 0 Å². The van der Waals surface area contributed by atoms with Gasteiger partial charge in [-0.1, -0.05) is 33.6 Å². The summed E-state index contributed by atoms with van der Waals surface area (Å²) >= 11 is 0. The number of nitrogens with two attached hydrogens (primary N) is 1. The third kappa shape index (κ3) is 5.87. The lowest BCUT2D eigenvalue weighted by molar-refractivity contribution is 0.251. The predicted octanol–water partition coefficient (Wildman–Crippen LogP) is 3.26. The summed E-state index contributed by atoms with van der Waals surface area (Å²) in [6, 6.07) is 0.394. The Morgan fingerprint density at radius 2 is 2.00 bits per heavy atom. The van der Waals surface area contributed by atoms with E-state index in [1.54, 1.807) is 0 Å². The van der Waals surface area contributed by atoms with Crippen molar-refractivity contribution >= 4 is 0 Å². The minimum absolute atomic E-state index is 0.394. The third-order valence-corrected chi connectivity index (χ3v) is 4.23. The van der Waals surface area contributed by atoms with E-state index < -0.39 is 0 Å². The molecule has 1 aliphatic heterocycles. The average molecular weight is 240 g/mol. The van der Waals surface area contributed by atoms with Crippen molar-refractivity contribution in [3.63, 3.8) is 0 Å². The van der Waals surface area contributed by atoms with Crippen LogP contribution in [0, 0.1) is 11.8 Å². The molecule has 1 rings (SSSR count). The van der Waals surface area contributed by atoms with Crippen LogP contribution < -0.4 is 5.73 Å². The topological polar surface area (TPSA) is 29.3 Å². The molecule has 0 spiro atoms. The Labute approximate surface area is 108 Å². The van der Waals surface area contributed by atoms with Crippen LogP contribution in [0.2, 0.25) is 0 Å². The van der Waals surface area contributed by atoms with Gasteiger partial charge in [0.25, 0.3) is 0 Å². The highest BCUT2D eigenvalue weighted by atomic mass is 15.1. The lowest BCUT2D eigenvalue weighted by atomic mass is 9.89. The van der Waals surface area contributed by atoms with E-state index in [-0.39, 0.29) is 0 Å². The molecule has 0 bridgehead atoms. The van der Waals surface area contributed by atoms with E-state index in [1.807, 2.05) is 0 Å². The van der Waals surface area contributed by atoms with Crippen LogP contribution in [0.5, 0.6) is 0 Å². The Hall–Kier alpha value is -0.0800. The molecule has 0 saturated carbocycles. The summed E-state index contributed by atoms with van der Waals surface area (Å²) in [5, 5.41) is 0. The number of hydrogen-bond acceptors (Lipinski definition) is 2. The van der Waals surface area contributed by atoms with Crippen molar-refractivity contribution in [3.8, 4) is 0 Å². The third-order valence-electron chi connectivity index (χ3n) is 4.23. The summed E-state index contributed by atoms with van der Waals surface area (Å²) in [7, 11) is 0. The van der Waals surface area contributed by atoms with Crippen molar-refractivity contribution in [3.05, 3.63) is 0 Å². The van der Waals surface area contributed by atoms with Gasteiger partial charge in [-0.3, -0.25) is 0 Å². The smallest absolute Gasteiger partial charge is 0.0167 e. The van der Waals surface area contributed by atoms with Crippen molar-refractivity contribution in [2.24, 2.45) is 17.6 Å². The van der Waals surface area contributed by atoms with Crippen LogP contribution in [0.3, 0.4) is 0 Å². The van der Waals surface area contributed by atoms with E-state index in [9.17, 15) is 0 Å². The van der Waals surface area contributed by atoms with Gasteiger partial charge in [0.05, 0.1) is 0 Å². The van der Waals surface area contributed by atoms with Gasteiger partial charge in [0.15, 0.2) is 0 Å². The molecule has 1 fully saturated rings. The van der Waals surface area contributed by atoms with E-state index in [1.165, 1.54) is 51.6 Å². The quantitative estimate of drug-likeness (QED) is 0.772. The molecule has 0 aromatic heterocycles. The fourth-order valence-corrected chi connectivity index (χ4v) is 2.92. The zero-order valence-electron chi connectivity index (χ0n) is 12.1. The molecule has 102 valence electrons. The van der Waals surface area contributed by atoms with E-state index in [2.05, 4.69) is 25.7 Å². The molecule has 1 aliphatic rings. The number of rotatable bonds is 6. The largest absolute Gasteiger partial charge is 0.327 e. The zero-order valence-corrected chi connectivity index (χ0v) is 12.1. The first kappa shape index (κ1) is 15.0. The van der Waals surface area contributed by atoms with E-state index in [4.69, 9.17) is 5.73 Å². The molecule has 2 heteroatoms. The maximum Gasteiger partial charge on any atom is 0.0167 e. The molecule has 2 unspecified atom stereocenters. The molecule has 0 aromatic carbocycles. The van der Waals surface area contributed by atoms with Crippen LogP contribution in [0.25, 0.3) is 0 Å². The van der Waals surface area contributed by atoms with Gasteiger partial charge in [-0.05, 0) is 50.6 Å². The second kappa shape index (κ2) is 8.10. The van der Waals surface area contributed by atoms with Gasteiger partial charge in [-0.25, -0.2) is 0 Å². The van der Waals surface area contributed by atoms with Crippen LogP contribution >= 0.6 is 0 Å². The summed E-state index contributed by atoms with van der Waals surface area (Å²) in [6.07, 6.45) is 7.90. The SMILES string of the molecule is CCCCC(N)CN1CCCC(C(C)C)CC1. The Morgan fingerprint density at radius 1 is 1.24 bits per heavy atom. The minimum Gasteiger partial charge on any atom is -0.327 e. The molecule has 2 atom stereocenters. The van der Waals surface area contributed by atoms with Crippen molar-refractivity contribution in [2.75, 3.05) is 19.6 Å². The molecular formula is C15H32N2. The van der Waals surface area contributed by atoms with Gasteiger partial charge in [0.2, 0.25) is 0 Å². The van der Waals surface area contributed by atoms with Crippen LogP contribution in [-0.4, -0.2) is 30.6 Å². The fourth-order valence-electron chi connectivity index (χ4n) is 2.92. The highest BCUT2D eigenvalue weighted by Crippen LogP contribution is 2.24. The molecule has 17 heavy (non-hydrogen) atoms. The molecule has 1 saturated heterocycles. The summed E-state index contributed by atoms with van der Waals surface area (Å²) in [4.78, 5) is 2.60. The lowest BCUT2D eigenvalue weighted by Crippen LogP contribution is -2.38. The molecule has 0 amide bonds. The standard InChI is InChI=1S/C15H32N2/c1-4-5-8-15(16)12-17-10-6-7-14(9-11-17)13(2)3/h13-15H,4-12,16H2,1-3H3. The summed E-state index contributed by atoms with van der Waals surface area (Å²) in [5.74, 6) is 1.79. The van der Waals surface area contributed by atoms with Gasteiger partial charge in [-0.2, -0.15) is 0 Å². The zero-order chi connectivity index (χ0) is 12.7. The molecule has 2 nitrogen and oxygen atoms in total. The molecular weight excluding hydrogens is 208 g/mol. The minimum atomic E-state index is 0.394. The first-order valence-corrected chi connectivity index (χ1v) is 7.61. The van der Waals surface area contributed by atoms with Crippen LogP contribution in [0.15, 0.2) is 0 Å². The van der Waals surface area contributed by atoms with Crippen molar-refractivity contribution in [2.45, 2.75) is 65.3 Å². The number of likely N-dealkylation sites (tertiary alicyclic amines) is 1. The Balaban J connectivity index is 2.26. The van der Waals surface area contributed by atoms with Gasteiger partial charge < -0.3 is 10.6 Å². The second-order valence-electron chi connectivity index (χ2n) is 6.14. The average Bonchev–Trinajstić information content (AvgIpc) is 2.52. The fraction of sp³-hybridized carbons (Fsp3) is 1.00. The van der Waals surface area contributed by atoms with Crippen molar-refractivity contribution in [1.82, 2.24) is 4.90 Å². The van der Waals surface area contributed by atoms with Gasteiger partial charge in [-0.15, -0.1) is 0 Å². The van der Waals surface area contributed by atoms with Crippen molar-refractivity contribution < 1.29 is 0 Å². The monoisotopic (exact) mass is 240 g/mol. The first-order valence-electron chi connectivity index (χ1n) is 7.61. The maximum absolute atomic E-state index is 6.19. The molecule has 1 heterocycles. The van der Waals surface area contributed by atoms with E-state index >= 15 is 0 Å². The normalized spacial score (nSPS) is 24.9. The molecule has 0 aromatic rings. The summed E-state index contributed by atoms with van der Waals surface area (Å²) in [6.45, 7) is 10.6. The molecule has 0 aliphatic carbocycles. The Kier molecular flexibility index (Phi) is 7.14. The first-order chi connectivity index (χ1) is 8.13. The van der Waals surface area contributed by atoms with Crippen LogP contribution in [0.4, 0.5) is 0 Å². The van der Waals surface area contributed by atoms with Crippen LogP contribution in [-0.2, 0) is 0 Å². The van der Waals surface area contributed by atoms with Crippen LogP contribution in [0.1, 0.15) is 59.3 Å². The van der Waals surface area contributed by atoms with E-state index in [0.29, 0.717) is 6.04 Å². The van der Waals surface area contributed by atoms with Gasteiger partial charge in [0, 0.05) is 12.6 Å². The lowest BCUT2D eigenvalue weighted by Gasteiger charge is -2.24. The second-order valence-corrected chi connectivity index (χ2v) is 6.14. The van der Waals surface area contributed by atoms with Crippen molar-refractivity contribution in [1.29, 1.82) is 0 Å². The summed E-state index contributed by atoms with van der Waals surface area (Å²) < 4.78 is 0. The number of nitrogens with zero attached hydrogens (tertiary/aromatic N) is 1. The molecule has 2 N–H and O–H groups in total. The Morgan fingerprint density at radius 3 is 2.65 bits per heavy atom. The van der Waals surface area contributed by atoms with E-state index in [0.717, 1.165) is 18.4 Å². The number of unbranched alkanes of at least 4 members (excludes halogenated alkanes) is 1. The van der Waals surface area contributed by atoms with Gasteiger partial charge in [0.1, 0.15) is 0 Å². The highest BCUT2D eigenvalue weighted by Gasteiger charge is 2.20. The highest BCUT2D eigenvalue weighted by molar-refractivity contribution is 4.75. The molecule has 0 radical (unpaired) electrons.